The first-order chi connectivity index (χ1) is 10.9. The van der Waals surface area contributed by atoms with Crippen LogP contribution in [0, 0.1) is 0 Å². The molecule has 1 aromatic rings. The van der Waals surface area contributed by atoms with Gasteiger partial charge in [0.15, 0.2) is 0 Å². The summed E-state index contributed by atoms with van der Waals surface area (Å²) in [5, 5.41) is 11.6. The Hall–Kier alpha value is -2.57. The molecular weight excluding hydrogens is 302 g/mol. The van der Waals surface area contributed by atoms with Crippen LogP contribution >= 0.6 is 0 Å². The van der Waals surface area contributed by atoms with E-state index >= 15 is 0 Å². The molecule has 0 aliphatic carbocycles. The largest absolute Gasteiger partial charge is 0.480 e. The van der Waals surface area contributed by atoms with Crippen LogP contribution in [0.3, 0.4) is 0 Å². The Balaban J connectivity index is 2.54. The van der Waals surface area contributed by atoms with E-state index in [0.717, 1.165) is 5.56 Å². The molecule has 7 heteroatoms. The molecule has 0 heterocycles. The molecule has 0 aliphatic heterocycles. The first-order valence-electron chi connectivity index (χ1n) is 7.25. The zero-order valence-electron chi connectivity index (χ0n) is 13.2. The maximum Gasteiger partial charge on any atom is 0.408 e. The van der Waals surface area contributed by atoms with Crippen LogP contribution in [0.4, 0.5) is 4.79 Å². The molecule has 0 saturated carbocycles. The summed E-state index contributed by atoms with van der Waals surface area (Å²) in [6.07, 6.45) is -1.07. The van der Waals surface area contributed by atoms with E-state index in [4.69, 9.17) is 9.47 Å². The van der Waals surface area contributed by atoms with Crippen molar-refractivity contribution in [2.45, 2.75) is 38.8 Å². The molecule has 1 atom stereocenters. The number of aliphatic carboxylic acids is 1. The van der Waals surface area contributed by atoms with E-state index in [1.165, 1.54) is 6.92 Å². The first-order valence-corrected chi connectivity index (χ1v) is 7.25. The summed E-state index contributed by atoms with van der Waals surface area (Å²) in [7, 11) is 0. The normalized spacial score (nSPS) is 12.8. The second kappa shape index (κ2) is 8.77. The van der Waals surface area contributed by atoms with Crippen LogP contribution in [0.25, 0.3) is 0 Å². The number of rotatable bonds is 8. The minimum absolute atomic E-state index is 0.0280. The van der Waals surface area contributed by atoms with Crippen molar-refractivity contribution in [3.05, 3.63) is 35.9 Å². The molecule has 1 aromatic carbocycles. The molecule has 0 radical (unpaired) electrons. The van der Waals surface area contributed by atoms with Crippen molar-refractivity contribution >= 4 is 18.0 Å². The summed E-state index contributed by atoms with van der Waals surface area (Å²) in [6.45, 7) is 3.22. The van der Waals surface area contributed by atoms with Crippen LogP contribution in [0.2, 0.25) is 0 Å². The van der Waals surface area contributed by atoms with Gasteiger partial charge in [0.1, 0.15) is 12.1 Å². The van der Waals surface area contributed by atoms with Gasteiger partial charge in [-0.25, -0.2) is 9.59 Å². The molecule has 0 fully saturated rings. The van der Waals surface area contributed by atoms with E-state index in [1.807, 2.05) is 6.07 Å². The van der Waals surface area contributed by atoms with Crippen LogP contribution in [-0.4, -0.2) is 35.3 Å². The SMILES string of the molecule is CCOC(=O)CC[C@](C)(NC(=O)OCc1ccccc1)C(=O)O. The number of nitrogens with one attached hydrogen (secondary N) is 1. The lowest BCUT2D eigenvalue weighted by molar-refractivity contribution is -0.146. The number of carbonyl (C=O) groups excluding carboxylic acids is 2. The molecule has 0 aromatic heterocycles. The average molecular weight is 323 g/mol. The van der Waals surface area contributed by atoms with Crippen molar-refractivity contribution in [3.8, 4) is 0 Å². The number of hydrogen-bond acceptors (Lipinski definition) is 5. The van der Waals surface area contributed by atoms with Crippen LogP contribution in [0.5, 0.6) is 0 Å². The lowest BCUT2D eigenvalue weighted by Crippen LogP contribution is -2.52. The second-order valence-electron chi connectivity index (χ2n) is 5.13. The van der Waals surface area contributed by atoms with Crippen molar-refractivity contribution in [2.75, 3.05) is 6.61 Å². The lowest BCUT2D eigenvalue weighted by atomic mass is 9.96. The standard InChI is InChI=1S/C16H21NO6/c1-3-22-13(18)9-10-16(2,14(19)20)17-15(21)23-11-12-7-5-4-6-8-12/h4-8H,3,9-11H2,1-2H3,(H,17,21)(H,19,20)/t16-/m0/s1. The molecule has 0 unspecified atom stereocenters. The molecule has 0 saturated heterocycles. The van der Waals surface area contributed by atoms with Gasteiger partial charge >= 0.3 is 18.0 Å². The number of amides is 1. The minimum Gasteiger partial charge on any atom is -0.480 e. The Bertz CT molecular complexity index is 545. The lowest BCUT2D eigenvalue weighted by Gasteiger charge is -2.25. The second-order valence-corrected chi connectivity index (χ2v) is 5.13. The van der Waals surface area contributed by atoms with E-state index in [9.17, 15) is 19.5 Å². The van der Waals surface area contributed by atoms with Gasteiger partial charge in [0, 0.05) is 6.42 Å². The highest BCUT2D eigenvalue weighted by Gasteiger charge is 2.36. The smallest absolute Gasteiger partial charge is 0.408 e. The fourth-order valence-electron chi connectivity index (χ4n) is 1.79. The molecule has 7 nitrogen and oxygen atoms in total. The van der Waals surface area contributed by atoms with Crippen molar-refractivity contribution in [3.63, 3.8) is 0 Å². The fourth-order valence-corrected chi connectivity index (χ4v) is 1.79. The highest BCUT2D eigenvalue weighted by molar-refractivity contribution is 5.84. The van der Waals surface area contributed by atoms with E-state index in [0.29, 0.717) is 0 Å². The summed E-state index contributed by atoms with van der Waals surface area (Å²) < 4.78 is 9.75. The molecule has 1 rings (SSSR count). The van der Waals surface area contributed by atoms with E-state index in [1.54, 1.807) is 31.2 Å². The predicted molar refractivity (Wildman–Crippen MR) is 81.7 cm³/mol. The summed E-state index contributed by atoms with van der Waals surface area (Å²) in [5.41, 5.74) is -0.827. The highest BCUT2D eigenvalue weighted by Crippen LogP contribution is 2.14. The van der Waals surface area contributed by atoms with Gasteiger partial charge in [-0.2, -0.15) is 0 Å². The van der Waals surface area contributed by atoms with Gasteiger partial charge in [0.05, 0.1) is 6.61 Å². The maximum atomic E-state index is 11.8. The highest BCUT2D eigenvalue weighted by atomic mass is 16.5. The molecule has 0 spiro atoms. The quantitative estimate of drug-likeness (QED) is 0.710. The third-order valence-corrected chi connectivity index (χ3v) is 3.20. The zero-order valence-corrected chi connectivity index (χ0v) is 13.2. The van der Waals surface area contributed by atoms with Crippen molar-refractivity contribution in [2.24, 2.45) is 0 Å². The fraction of sp³-hybridized carbons (Fsp3) is 0.438. The zero-order chi connectivity index (χ0) is 17.3. The summed E-state index contributed by atoms with van der Waals surface area (Å²) in [6, 6.07) is 9.00. The third kappa shape index (κ3) is 6.37. The minimum atomic E-state index is -1.61. The van der Waals surface area contributed by atoms with E-state index < -0.39 is 23.6 Å². The Morgan fingerprint density at radius 1 is 1.17 bits per heavy atom. The number of hydrogen-bond donors (Lipinski definition) is 2. The Morgan fingerprint density at radius 3 is 2.39 bits per heavy atom. The van der Waals surface area contributed by atoms with Crippen LogP contribution in [0.15, 0.2) is 30.3 Å². The van der Waals surface area contributed by atoms with Crippen LogP contribution < -0.4 is 5.32 Å². The first kappa shape index (κ1) is 18.5. The average Bonchev–Trinajstić information content (AvgIpc) is 2.52. The number of benzene rings is 1. The summed E-state index contributed by atoms with van der Waals surface area (Å²) >= 11 is 0. The van der Waals surface area contributed by atoms with Crippen molar-refractivity contribution in [1.29, 1.82) is 0 Å². The van der Waals surface area contributed by atoms with Gasteiger partial charge in [0.2, 0.25) is 0 Å². The summed E-state index contributed by atoms with van der Waals surface area (Å²) in [5.74, 6) is -1.77. The number of carboxylic acid groups (broad SMARTS) is 1. The van der Waals surface area contributed by atoms with Gasteiger partial charge in [-0.05, 0) is 25.8 Å². The number of carbonyl (C=O) groups is 3. The molecule has 23 heavy (non-hydrogen) atoms. The molecule has 0 aliphatic rings. The van der Waals surface area contributed by atoms with Crippen molar-refractivity contribution in [1.82, 2.24) is 5.32 Å². The van der Waals surface area contributed by atoms with Gasteiger partial charge in [-0.15, -0.1) is 0 Å². The van der Waals surface area contributed by atoms with Gasteiger partial charge in [0.25, 0.3) is 0 Å². The Morgan fingerprint density at radius 2 is 1.83 bits per heavy atom. The number of esters is 1. The van der Waals surface area contributed by atoms with Crippen LogP contribution in [0.1, 0.15) is 32.3 Å². The predicted octanol–water partition coefficient (Wildman–Crippen LogP) is 2.10. The third-order valence-electron chi connectivity index (χ3n) is 3.20. The topological polar surface area (TPSA) is 102 Å². The number of alkyl carbamates (subject to hydrolysis) is 1. The Labute approximate surface area is 134 Å². The Kier molecular flexibility index (Phi) is 7.05. The molecule has 0 bridgehead atoms. The number of ether oxygens (including phenoxy) is 2. The number of carboxylic acids is 1. The molecule has 2 N–H and O–H groups in total. The van der Waals surface area contributed by atoms with E-state index in [2.05, 4.69) is 5.32 Å². The van der Waals surface area contributed by atoms with Gasteiger partial charge in [-0.3, -0.25) is 4.79 Å². The van der Waals surface area contributed by atoms with Crippen molar-refractivity contribution < 1.29 is 29.0 Å². The van der Waals surface area contributed by atoms with Crippen LogP contribution in [-0.2, 0) is 25.7 Å². The molecular formula is C16H21NO6. The van der Waals surface area contributed by atoms with Gasteiger partial charge < -0.3 is 19.9 Å². The monoisotopic (exact) mass is 323 g/mol. The maximum absolute atomic E-state index is 11.8. The van der Waals surface area contributed by atoms with Gasteiger partial charge in [-0.1, -0.05) is 30.3 Å². The molecule has 1 amide bonds. The van der Waals surface area contributed by atoms with E-state index in [-0.39, 0.29) is 26.1 Å². The molecule has 126 valence electrons. The summed E-state index contributed by atoms with van der Waals surface area (Å²) in [4.78, 5) is 34.5.